The molecule has 29 heavy (non-hydrogen) atoms. The molecule has 2 heterocycles. The molecule has 2 aliphatic rings. The topological polar surface area (TPSA) is 59.1 Å². The van der Waals surface area contributed by atoms with Crippen molar-refractivity contribution in [3.05, 3.63) is 65.5 Å². The highest BCUT2D eigenvalue weighted by molar-refractivity contribution is 6.31. The summed E-state index contributed by atoms with van der Waals surface area (Å²) in [5.74, 6) is 0.180. The summed E-state index contributed by atoms with van der Waals surface area (Å²) in [5.41, 5.74) is 4.95. The van der Waals surface area contributed by atoms with E-state index in [2.05, 4.69) is 10.3 Å². The van der Waals surface area contributed by atoms with Crippen LogP contribution in [0.2, 0.25) is 5.02 Å². The molecule has 3 amide bonds. The molecule has 0 aromatic heterocycles. The summed E-state index contributed by atoms with van der Waals surface area (Å²) in [7, 11) is 3.98. The second-order valence-corrected chi connectivity index (χ2v) is 7.65. The third-order valence-electron chi connectivity index (χ3n) is 4.81. The van der Waals surface area contributed by atoms with Crippen molar-refractivity contribution in [2.75, 3.05) is 37.0 Å². The highest BCUT2D eigenvalue weighted by Crippen LogP contribution is 2.41. The molecule has 2 aliphatic heterocycles. The average Bonchev–Trinajstić information content (AvgIpc) is 2.91. The number of halogens is 1. The normalized spacial score (nSPS) is 15.9. The minimum absolute atomic E-state index is 0.221. The van der Waals surface area contributed by atoms with Crippen LogP contribution >= 0.6 is 11.6 Å². The number of nitrogens with one attached hydrogen (secondary N) is 1. The maximum Gasteiger partial charge on any atom is 0.349 e. The van der Waals surface area contributed by atoms with Gasteiger partial charge in [0.15, 0.2) is 0 Å². The van der Waals surface area contributed by atoms with Crippen LogP contribution in [0.5, 0.6) is 0 Å². The average molecular weight is 412 g/mol. The number of hydrogen-bond acceptors (Lipinski definition) is 4. The van der Waals surface area contributed by atoms with E-state index in [9.17, 15) is 9.59 Å². The van der Waals surface area contributed by atoms with E-state index < -0.39 is 0 Å². The summed E-state index contributed by atoms with van der Waals surface area (Å²) in [6, 6.07) is 14.3. The summed E-state index contributed by atoms with van der Waals surface area (Å²) >= 11 is 6.25. The fourth-order valence-corrected chi connectivity index (χ4v) is 3.66. The second-order valence-electron chi connectivity index (χ2n) is 7.21. The van der Waals surface area contributed by atoms with E-state index in [1.54, 1.807) is 28.1 Å². The van der Waals surface area contributed by atoms with Crippen LogP contribution in [-0.4, -0.2) is 49.0 Å². The first kappa shape index (κ1) is 19.3. The monoisotopic (exact) mass is 411 g/mol. The molecule has 0 atom stereocenters. The minimum Gasteiger partial charge on any atom is -0.309 e. The number of benzene rings is 2. The lowest BCUT2D eigenvalue weighted by molar-refractivity contribution is -0.113. The van der Waals surface area contributed by atoms with Crippen LogP contribution in [0, 0.1) is 0 Å². The van der Waals surface area contributed by atoms with Crippen LogP contribution in [0.15, 0.2) is 60.4 Å². The predicted octanol–water partition coefficient (Wildman–Crippen LogP) is 3.56. The van der Waals surface area contributed by atoms with Gasteiger partial charge in [-0.3, -0.25) is 15.1 Å². The molecule has 8 heteroatoms. The molecule has 2 aromatic rings. The van der Waals surface area contributed by atoms with Gasteiger partial charge in [-0.25, -0.2) is 14.7 Å². The second kappa shape index (κ2) is 7.77. The van der Waals surface area contributed by atoms with Crippen LogP contribution in [0.1, 0.15) is 6.42 Å². The van der Waals surface area contributed by atoms with Crippen molar-refractivity contribution in [1.29, 1.82) is 0 Å². The van der Waals surface area contributed by atoms with Gasteiger partial charge in [0, 0.05) is 23.3 Å². The van der Waals surface area contributed by atoms with Crippen molar-refractivity contribution in [2.24, 2.45) is 0 Å². The number of rotatable bonds is 5. The van der Waals surface area contributed by atoms with Crippen molar-refractivity contribution in [1.82, 2.24) is 15.3 Å². The van der Waals surface area contributed by atoms with Gasteiger partial charge in [-0.05, 0) is 57.4 Å². The number of anilines is 3. The quantitative estimate of drug-likeness (QED) is 0.817. The van der Waals surface area contributed by atoms with Crippen molar-refractivity contribution >= 4 is 40.6 Å². The van der Waals surface area contributed by atoms with Gasteiger partial charge < -0.3 is 4.90 Å². The van der Waals surface area contributed by atoms with Crippen LogP contribution in [0.3, 0.4) is 0 Å². The third-order valence-corrected chi connectivity index (χ3v) is 5.05. The molecule has 2 aromatic carbocycles. The maximum atomic E-state index is 13.2. The van der Waals surface area contributed by atoms with Gasteiger partial charge in [-0.2, -0.15) is 0 Å². The van der Waals surface area contributed by atoms with E-state index in [4.69, 9.17) is 11.6 Å². The molecule has 0 unspecified atom stereocenters. The number of carbonyl (C=O) groups excluding carboxylic acids is 2. The fraction of sp³-hybridized carbons (Fsp3) is 0.238. The highest BCUT2D eigenvalue weighted by atomic mass is 35.5. The molecule has 0 aliphatic carbocycles. The van der Waals surface area contributed by atoms with E-state index >= 15 is 0 Å². The van der Waals surface area contributed by atoms with Crippen molar-refractivity contribution in [2.45, 2.75) is 6.42 Å². The molecule has 0 saturated carbocycles. The Hall–Kier alpha value is -3.03. The summed E-state index contributed by atoms with van der Waals surface area (Å²) in [5, 5.41) is 2.03. The molecule has 0 bridgehead atoms. The van der Waals surface area contributed by atoms with E-state index in [1.807, 2.05) is 44.4 Å². The standard InChI is InChI=1S/C21H22ClN5O2/c1-24(2)11-6-12-25-21(29)27-17-10-9-15(22)13-18(17)26(16-7-4-3-5-8-16)20(28)14-19(27)23-25/h3-5,7-10,13-14,23H,6,11-12H2,1-2H3. The maximum absolute atomic E-state index is 13.2. The van der Waals surface area contributed by atoms with Gasteiger partial charge in [-0.1, -0.05) is 29.8 Å². The van der Waals surface area contributed by atoms with Crippen LogP contribution < -0.4 is 15.2 Å². The first-order chi connectivity index (χ1) is 14.0. The van der Waals surface area contributed by atoms with Gasteiger partial charge in [0.05, 0.1) is 11.4 Å². The Bertz CT molecular complexity index is 976. The number of fused-ring (bicyclic) bond motifs is 3. The minimum atomic E-state index is -0.257. The zero-order chi connectivity index (χ0) is 20.5. The number of para-hydroxylation sites is 1. The lowest BCUT2D eigenvalue weighted by atomic mass is 10.2. The Morgan fingerprint density at radius 2 is 1.76 bits per heavy atom. The fourth-order valence-electron chi connectivity index (χ4n) is 3.49. The number of hydrogen-bond donors (Lipinski definition) is 1. The summed E-state index contributed by atoms with van der Waals surface area (Å²) in [4.78, 5) is 31.5. The van der Waals surface area contributed by atoms with E-state index in [1.165, 1.54) is 11.0 Å². The Kier molecular flexibility index (Phi) is 5.17. The lowest BCUT2D eigenvalue weighted by Gasteiger charge is -2.25. The van der Waals surface area contributed by atoms with Gasteiger partial charge in [-0.15, -0.1) is 0 Å². The van der Waals surface area contributed by atoms with Crippen molar-refractivity contribution < 1.29 is 9.59 Å². The van der Waals surface area contributed by atoms with Gasteiger partial charge >= 0.3 is 6.03 Å². The SMILES string of the molecule is CN(C)CCCN1NC2=CC(=O)N(c3ccccc3)c3cc(Cl)ccc3N2C1=O. The van der Waals surface area contributed by atoms with Crippen LogP contribution in [-0.2, 0) is 4.79 Å². The molecular formula is C21H22ClN5O2. The smallest absolute Gasteiger partial charge is 0.309 e. The molecule has 0 radical (unpaired) electrons. The molecule has 4 rings (SSSR count). The van der Waals surface area contributed by atoms with Gasteiger partial charge in [0.2, 0.25) is 0 Å². The largest absolute Gasteiger partial charge is 0.349 e. The Balaban J connectivity index is 1.74. The molecule has 1 N–H and O–H groups in total. The molecule has 0 spiro atoms. The van der Waals surface area contributed by atoms with E-state index in [-0.39, 0.29) is 11.9 Å². The Morgan fingerprint density at radius 1 is 1.00 bits per heavy atom. The lowest BCUT2D eigenvalue weighted by Crippen LogP contribution is -2.37. The van der Waals surface area contributed by atoms with Crippen LogP contribution in [0.4, 0.5) is 21.9 Å². The molecule has 1 saturated heterocycles. The summed E-state index contributed by atoms with van der Waals surface area (Å²) in [6.45, 7) is 1.39. The molecule has 7 nitrogen and oxygen atoms in total. The molecular weight excluding hydrogens is 390 g/mol. The zero-order valence-electron chi connectivity index (χ0n) is 16.3. The van der Waals surface area contributed by atoms with Crippen LogP contribution in [0.25, 0.3) is 0 Å². The first-order valence-electron chi connectivity index (χ1n) is 9.39. The van der Waals surface area contributed by atoms with Gasteiger partial charge in [0.25, 0.3) is 5.91 Å². The van der Waals surface area contributed by atoms with E-state index in [0.717, 1.165) is 13.0 Å². The van der Waals surface area contributed by atoms with Gasteiger partial charge in [0.1, 0.15) is 5.82 Å². The number of urea groups is 1. The zero-order valence-corrected chi connectivity index (χ0v) is 17.1. The number of hydrazine groups is 1. The highest BCUT2D eigenvalue weighted by Gasteiger charge is 2.39. The third kappa shape index (κ3) is 3.66. The number of amides is 3. The molecule has 150 valence electrons. The van der Waals surface area contributed by atoms with E-state index in [0.29, 0.717) is 34.5 Å². The van der Waals surface area contributed by atoms with Crippen molar-refractivity contribution in [3.8, 4) is 0 Å². The Morgan fingerprint density at radius 3 is 2.48 bits per heavy atom. The molecule has 1 fully saturated rings. The summed E-state index contributed by atoms with van der Waals surface area (Å²) < 4.78 is 0. The number of carbonyl (C=O) groups is 2. The summed E-state index contributed by atoms with van der Waals surface area (Å²) in [6.07, 6.45) is 2.26. The predicted molar refractivity (Wildman–Crippen MR) is 114 cm³/mol. The first-order valence-corrected chi connectivity index (χ1v) is 9.77. The Labute approximate surface area is 174 Å². The van der Waals surface area contributed by atoms with Crippen molar-refractivity contribution in [3.63, 3.8) is 0 Å². The number of nitrogens with zero attached hydrogens (tertiary/aromatic N) is 4.